The third-order valence-electron chi connectivity index (χ3n) is 4.37. The second-order valence-electron chi connectivity index (χ2n) is 5.46. The molecule has 3 atom stereocenters. The number of ketones is 1. The molecule has 0 aromatic rings. The van der Waals surface area contributed by atoms with E-state index in [4.69, 9.17) is 4.74 Å². The Morgan fingerprint density at radius 1 is 1.47 bits per heavy atom. The molecule has 2 rings (SSSR count). The van der Waals surface area contributed by atoms with Crippen molar-refractivity contribution in [1.29, 1.82) is 0 Å². The van der Waals surface area contributed by atoms with Crippen molar-refractivity contribution < 1.29 is 9.53 Å². The molecule has 0 bridgehead atoms. The maximum atomic E-state index is 12.0. The number of rotatable bonds is 1. The van der Waals surface area contributed by atoms with Gasteiger partial charge in [-0.1, -0.05) is 19.9 Å². The average Bonchev–Trinajstić information content (AvgIpc) is 2.38. The molecule has 0 aromatic carbocycles. The Labute approximate surface area is 91.7 Å². The first-order valence-electron chi connectivity index (χ1n) is 5.71. The van der Waals surface area contributed by atoms with E-state index in [1.165, 1.54) is 5.57 Å². The van der Waals surface area contributed by atoms with Crippen molar-refractivity contribution in [1.82, 2.24) is 0 Å². The summed E-state index contributed by atoms with van der Waals surface area (Å²) in [5, 5.41) is 0. The van der Waals surface area contributed by atoms with Gasteiger partial charge in [0.15, 0.2) is 0 Å². The van der Waals surface area contributed by atoms with Crippen LogP contribution in [0, 0.1) is 17.3 Å². The second kappa shape index (κ2) is 3.44. The fraction of sp³-hybridized carbons (Fsp3) is 0.769. The van der Waals surface area contributed by atoms with E-state index in [0.29, 0.717) is 24.0 Å². The van der Waals surface area contributed by atoms with Gasteiger partial charge in [-0.25, -0.2) is 0 Å². The quantitative estimate of drug-likeness (QED) is 0.619. The van der Waals surface area contributed by atoms with Crippen molar-refractivity contribution in [2.75, 3.05) is 7.11 Å². The Kier molecular flexibility index (Phi) is 2.50. The summed E-state index contributed by atoms with van der Waals surface area (Å²) < 4.78 is 5.54. The summed E-state index contributed by atoms with van der Waals surface area (Å²) in [5.41, 5.74) is 1.14. The highest BCUT2D eigenvalue weighted by atomic mass is 16.5. The number of hydrogen-bond acceptors (Lipinski definition) is 2. The fourth-order valence-corrected chi connectivity index (χ4v) is 3.28. The minimum atomic E-state index is -0.154. The summed E-state index contributed by atoms with van der Waals surface area (Å²) in [4.78, 5) is 12.0. The molecule has 0 aliphatic heterocycles. The lowest BCUT2D eigenvalue weighted by Gasteiger charge is -2.36. The standard InChI is InChI=1S/C13H20O2/c1-8-5-6-10-9(12(8)15-4)7-11(14)13(10,2)3/h5,9-10,12H,6-7H2,1-4H3/t9-,10+,12-/m0/s1. The highest BCUT2D eigenvalue weighted by molar-refractivity contribution is 5.87. The first-order valence-corrected chi connectivity index (χ1v) is 5.71. The third kappa shape index (κ3) is 1.46. The number of allylic oxidation sites excluding steroid dienone is 1. The van der Waals surface area contributed by atoms with Crippen LogP contribution >= 0.6 is 0 Å². The number of methoxy groups -OCH3 is 1. The molecule has 0 amide bonds. The van der Waals surface area contributed by atoms with Crippen LogP contribution in [-0.4, -0.2) is 19.0 Å². The highest BCUT2D eigenvalue weighted by Crippen LogP contribution is 2.50. The molecule has 1 fully saturated rings. The fourth-order valence-electron chi connectivity index (χ4n) is 3.28. The molecule has 0 radical (unpaired) electrons. The molecule has 84 valence electrons. The largest absolute Gasteiger partial charge is 0.377 e. The third-order valence-corrected chi connectivity index (χ3v) is 4.37. The number of Topliss-reactive ketones (excluding diaryl/α,β-unsaturated/α-hetero) is 1. The zero-order valence-electron chi connectivity index (χ0n) is 10.0. The van der Waals surface area contributed by atoms with Gasteiger partial charge in [0.25, 0.3) is 0 Å². The van der Waals surface area contributed by atoms with E-state index < -0.39 is 0 Å². The van der Waals surface area contributed by atoms with Gasteiger partial charge in [-0.05, 0) is 30.8 Å². The van der Waals surface area contributed by atoms with E-state index in [2.05, 4.69) is 26.8 Å². The van der Waals surface area contributed by atoms with Crippen molar-refractivity contribution in [2.45, 2.75) is 39.7 Å². The predicted molar refractivity (Wildman–Crippen MR) is 59.6 cm³/mol. The SMILES string of the molecule is CO[C@H]1C(C)=CC[C@@H]2[C@@H]1CC(=O)C2(C)C. The zero-order chi connectivity index (χ0) is 11.2. The second-order valence-corrected chi connectivity index (χ2v) is 5.46. The summed E-state index contributed by atoms with van der Waals surface area (Å²) in [6.45, 7) is 6.28. The summed E-state index contributed by atoms with van der Waals surface area (Å²) in [7, 11) is 1.75. The number of ether oxygens (including phenoxy) is 1. The van der Waals surface area contributed by atoms with Crippen LogP contribution < -0.4 is 0 Å². The first-order chi connectivity index (χ1) is 6.98. The van der Waals surface area contributed by atoms with Gasteiger partial charge in [-0.3, -0.25) is 4.79 Å². The molecule has 0 aromatic heterocycles. The van der Waals surface area contributed by atoms with Gasteiger partial charge in [0.2, 0.25) is 0 Å². The highest BCUT2D eigenvalue weighted by Gasteiger charge is 2.52. The number of hydrogen-bond donors (Lipinski definition) is 0. The Morgan fingerprint density at radius 2 is 2.13 bits per heavy atom. The maximum Gasteiger partial charge on any atom is 0.139 e. The average molecular weight is 208 g/mol. The summed E-state index contributed by atoms with van der Waals surface area (Å²) >= 11 is 0. The summed E-state index contributed by atoms with van der Waals surface area (Å²) in [5.74, 6) is 1.28. The number of fused-ring (bicyclic) bond motifs is 1. The van der Waals surface area contributed by atoms with Gasteiger partial charge in [-0.15, -0.1) is 0 Å². The molecule has 2 nitrogen and oxygen atoms in total. The van der Waals surface area contributed by atoms with E-state index in [1.54, 1.807) is 7.11 Å². The first kappa shape index (κ1) is 10.9. The Bertz CT molecular complexity index is 314. The molecule has 0 spiro atoms. The Balaban J connectivity index is 2.33. The molecular formula is C13H20O2. The molecule has 2 heteroatoms. The summed E-state index contributed by atoms with van der Waals surface area (Å²) in [6, 6.07) is 0. The lowest BCUT2D eigenvalue weighted by Crippen LogP contribution is -2.35. The van der Waals surface area contributed by atoms with Crippen molar-refractivity contribution in [3.63, 3.8) is 0 Å². The monoisotopic (exact) mass is 208 g/mol. The van der Waals surface area contributed by atoms with Gasteiger partial charge in [-0.2, -0.15) is 0 Å². The molecule has 1 saturated carbocycles. The van der Waals surface area contributed by atoms with Crippen LogP contribution in [0.25, 0.3) is 0 Å². The minimum Gasteiger partial charge on any atom is -0.377 e. The van der Waals surface area contributed by atoms with Crippen molar-refractivity contribution in [2.24, 2.45) is 17.3 Å². The molecular weight excluding hydrogens is 188 g/mol. The molecule has 0 saturated heterocycles. The minimum absolute atomic E-state index is 0.154. The molecule has 0 unspecified atom stereocenters. The van der Waals surface area contributed by atoms with Crippen LogP contribution in [0.1, 0.15) is 33.6 Å². The van der Waals surface area contributed by atoms with Gasteiger partial charge in [0.05, 0.1) is 6.10 Å². The van der Waals surface area contributed by atoms with E-state index >= 15 is 0 Å². The van der Waals surface area contributed by atoms with Crippen LogP contribution in [0.5, 0.6) is 0 Å². The van der Waals surface area contributed by atoms with Crippen LogP contribution in [0.2, 0.25) is 0 Å². The summed E-state index contributed by atoms with van der Waals surface area (Å²) in [6.07, 6.45) is 4.14. The van der Waals surface area contributed by atoms with E-state index in [1.807, 2.05) is 0 Å². The molecule has 0 heterocycles. The van der Waals surface area contributed by atoms with Gasteiger partial charge in [0.1, 0.15) is 5.78 Å². The van der Waals surface area contributed by atoms with Gasteiger partial charge in [0, 0.05) is 18.9 Å². The molecule has 2 aliphatic rings. The normalized spacial score (nSPS) is 38.8. The Hall–Kier alpha value is -0.630. The topological polar surface area (TPSA) is 26.3 Å². The lowest BCUT2D eigenvalue weighted by molar-refractivity contribution is -0.125. The molecule has 15 heavy (non-hydrogen) atoms. The van der Waals surface area contributed by atoms with E-state index in [9.17, 15) is 4.79 Å². The van der Waals surface area contributed by atoms with Crippen LogP contribution in [0.4, 0.5) is 0 Å². The van der Waals surface area contributed by atoms with Crippen molar-refractivity contribution in [3.8, 4) is 0 Å². The van der Waals surface area contributed by atoms with Crippen LogP contribution in [-0.2, 0) is 9.53 Å². The Morgan fingerprint density at radius 3 is 2.73 bits per heavy atom. The number of carbonyl (C=O) groups excluding carboxylic acids is 1. The van der Waals surface area contributed by atoms with Crippen molar-refractivity contribution >= 4 is 5.78 Å². The smallest absolute Gasteiger partial charge is 0.139 e. The molecule has 0 N–H and O–H groups in total. The predicted octanol–water partition coefficient (Wildman–Crippen LogP) is 2.58. The van der Waals surface area contributed by atoms with Crippen LogP contribution in [0.15, 0.2) is 11.6 Å². The number of carbonyl (C=O) groups is 1. The van der Waals surface area contributed by atoms with Gasteiger partial charge >= 0.3 is 0 Å². The van der Waals surface area contributed by atoms with Crippen molar-refractivity contribution in [3.05, 3.63) is 11.6 Å². The zero-order valence-corrected chi connectivity index (χ0v) is 10.0. The maximum absolute atomic E-state index is 12.0. The lowest BCUT2D eigenvalue weighted by atomic mass is 9.71. The van der Waals surface area contributed by atoms with Crippen LogP contribution in [0.3, 0.4) is 0 Å². The van der Waals surface area contributed by atoms with Gasteiger partial charge < -0.3 is 4.74 Å². The van der Waals surface area contributed by atoms with E-state index in [0.717, 1.165) is 6.42 Å². The molecule has 2 aliphatic carbocycles. The van der Waals surface area contributed by atoms with E-state index in [-0.39, 0.29) is 11.5 Å².